The Morgan fingerprint density at radius 2 is 2.16 bits per heavy atom. The maximum atomic E-state index is 12.6. The highest BCUT2D eigenvalue weighted by Crippen LogP contribution is 2.26. The first kappa shape index (κ1) is 12.7. The van der Waals surface area contributed by atoms with Gasteiger partial charge in [0, 0.05) is 24.7 Å². The topological polar surface area (TPSA) is 32.3 Å². The predicted octanol–water partition coefficient (Wildman–Crippen LogP) is 2.13. The maximum Gasteiger partial charge on any atom is 0.254 e. The summed E-state index contributed by atoms with van der Waals surface area (Å²) in [5.74, 6) is 0.867. The fraction of sp³-hybridized carbons (Fsp3) is 0.562. The van der Waals surface area contributed by atoms with Gasteiger partial charge in [-0.05, 0) is 50.8 Å². The Hall–Kier alpha value is -1.35. The first-order valence-corrected chi connectivity index (χ1v) is 7.25. The standard InChI is InChI=1S/C16H22N2O/c1-11-3-4-14(12(2)9-11)16(19)18-8-6-15-13(10-18)5-7-17-15/h3-4,9,13,15,17H,5-8,10H2,1-2H3. The number of rotatable bonds is 1. The van der Waals surface area contributed by atoms with E-state index in [0.717, 1.165) is 37.2 Å². The molecule has 102 valence electrons. The second-order valence-corrected chi connectivity index (χ2v) is 5.97. The fourth-order valence-corrected chi connectivity index (χ4v) is 3.46. The number of likely N-dealkylation sites (tertiary alicyclic amines) is 1. The Morgan fingerprint density at radius 3 is 2.95 bits per heavy atom. The summed E-state index contributed by atoms with van der Waals surface area (Å²) in [6, 6.07) is 6.75. The summed E-state index contributed by atoms with van der Waals surface area (Å²) in [6.45, 7) is 7.02. The number of carbonyl (C=O) groups is 1. The Balaban J connectivity index is 1.76. The summed E-state index contributed by atoms with van der Waals surface area (Å²) >= 11 is 0. The molecule has 1 aromatic rings. The third-order valence-electron chi connectivity index (χ3n) is 4.56. The molecule has 1 aromatic carbocycles. The Bertz CT molecular complexity index is 498. The molecular formula is C16H22N2O. The van der Waals surface area contributed by atoms with Crippen molar-refractivity contribution in [2.45, 2.75) is 32.7 Å². The summed E-state index contributed by atoms with van der Waals surface area (Å²) in [4.78, 5) is 14.7. The second-order valence-electron chi connectivity index (χ2n) is 5.97. The number of nitrogens with one attached hydrogen (secondary N) is 1. The van der Waals surface area contributed by atoms with E-state index in [2.05, 4.69) is 18.3 Å². The van der Waals surface area contributed by atoms with E-state index in [1.807, 2.05) is 24.0 Å². The van der Waals surface area contributed by atoms with Crippen LogP contribution in [-0.4, -0.2) is 36.5 Å². The smallest absolute Gasteiger partial charge is 0.254 e. The zero-order valence-corrected chi connectivity index (χ0v) is 11.8. The van der Waals surface area contributed by atoms with Crippen molar-refractivity contribution in [3.05, 3.63) is 34.9 Å². The van der Waals surface area contributed by atoms with Gasteiger partial charge in [0.05, 0.1) is 0 Å². The number of piperidine rings is 1. The summed E-state index contributed by atoms with van der Waals surface area (Å²) in [7, 11) is 0. The van der Waals surface area contributed by atoms with Crippen molar-refractivity contribution in [1.82, 2.24) is 10.2 Å². The lowest BCUT2D eigenvalue weighted by atomic mass is 9.92. The molecule has 2 aliphatic rings. The average Bonchev–Trinajstić information content (AvgIpc) is 2.85. The summed E-state index contributed by atoms with van der Waals surface area (Å²) in [5.41, 5.74) is 3.18. The predicted molar refractivity (Wildman–Crippen MR) is 76.3 cm³/mol. The highest BCUT2D eigenvalue weighted by molar-refractivity contribution is 5.95. The number of aryl methyl sites for hydroxylation is 2. The molecule has 2 heterocycles. The molecule has 1 N–H and O–H groups in total. The number of amides is 1. The zero-order valence-electron chi connectivity index (χ0n) is 11.8. The average molecular weight is 258 g/mol. The van der Waals surface area contributed by atoms with Gasteiger partial charge >= 0.3 is 0 Å². The molecule has 3 heteroatoms. The molecule has 2 aliphatic heterocycles. The second kappa shape index (κ2) is 4.97. The van der Waals surface area contributed by atoms with Crippen LogP contribution in [0.15, 0.2) is 18.2 Å². The lowest BCUT2D eigenvalue weighted by Gasteiger charge is -2.35. The number of nitrogens with zero attached hydrogens (tertiary/aromatic N) is 1. The third-order valence-corrected chi connectivity index (χ3v) is 4.56. The van der Waals surface area contributed by atoms with Gasteiger partial charge in [-0.1, -0.05) is 17.7 Å². The van der Waals surface area contributed by atoms with E-state index >= 15 is 0 Å². The number of carbonyl (C=O) groups excluding carboxylic acids is 1. The maximum absolute atomic E-state index is 12.6. The lowest BCUT2D eigenvalue weighted by molar-refractivity contribution is 0.0661. The van der Waals surface area contributed by atoms with Gasteiger partial charge in [0.15, 0.2) is 0 Å². The highest BCUT2D eigenvalue weighted by atomic mass is 16.2. The van der Waals surface area contributed by atoms with Gasteiger partial charge < -0.3 is 10.2 Å². The summed E-state index contributed by atoms with van der Waals surface area (Å²) in [5, 5.41) is 3.54. The van der Waals surface area contributed by atoms with E-state index < -0.39 is 0 Å². The SMILES string of the molecule is Cc1ccc(C(=O)N2CCC3NCCC3C2)c(C)c1. The third kappa shape index (κ3) is 2.39. The van der Waals surface area contributed by atoms with Crippen LogP contribution in [0.2, 0.25) is 0 Å². The van der Waals surface area contributed by atoms with Crippen LogP contribution >= 0.6 is 0 Å². The number of hydrogen-bond donors (Lipinski definition) is 1. The molecule has 3 rings (SSSR count). The largest absolute Gasteiger partial charge is 0.338 e. The highest BCUT2D eigenvalue weighted by Gasteiger charge is 2.34. The minimum atomic E-state index is 0.211. The van der Waals surface area contributed by atoms with Gasteiger partial charge in [-0.3, -0.25) is 4.79 Å². The molecule has 1 amide bonds. The van der Waals surface area contributed by atoms with Crippen LogP contribution in [0.25, 0.3) is 0 Å². The van der Waals surface area contributed by atoms with Crippen molar-refractivity contribution < 1.29 is 4.79 Å². The van der Waals surface area contributed by atoms with Gasteiger partial charge in [-0.2, -0.15) is 0 Å². The first-order valence-electron chi connectivity index (χ1n) is 7.25. The van der Waals surface area contributed by atoms with Crippen LogP contribution in [0.4, 0.5) is 0 Å². The van der Waals surface area contributed by atoms with Crippen molar-refractivity contribution in [2.24, 2.45) is 5.92 Å². The molecule has 0 aliphatic carbocycles. The van der Waals surface area contributed by atoms with Crippen molar-refractivity contribution >= 4 is 5.91 Å². The Kier molecular flexibility index (Phi) is 3.31. The quantitative estimate of drug-likeness (QED) is 0.837. The van der Waals surface area contributed by atoms with Gasteiger partial charge in [0.25, 0.3) is 5.91 Å². The van der Waals surface area contributed by atoms with E-state index in [1.54, 1.807) is 0 Å². The van der Waals surface area contributed by atoms with Crippen molar-refractivity contribution in [3.8, 4) is 0 Å². The van der Waals surface area contributed by atoms with Crippen LogP contribution in [0.3, 0.4) is 0 Å². The minimum absolute atomic E-state index is 0.211. The zero-order chi connectivity index (χ0) is 13.4. The van der Waals surface area contributed by atoms with Gasteiger partial charge in [0.1, 0.15) is 0 Å². The van der Waals surface area contributed by atoms with Crippen LogP contribution < -0.4 is 5.32 Å². The van der Waals surface area contributed by atoms with E-state index in [-0.39, 0.29) is 5.91 Å². The van der Waals surface area contributed by atoms with Gasteiger partial charge in [-0.15, -0.1) is 0 Å². The van der Waals surface area contributed by atoms with E-state index in [4.69, 9.17) is 0 Å². The molecule has 2 fully saturated rings. The molecule has 2 saturated heterocycles. The molecule has 2 unspecified atom stereocenters. The number of benzene rings is 1. The molecule has 3 nitrogen and oxygen atoms in total. The van der Waals surface area contributed by atoms with Crippen LogP contribution in [-0.2, 0) is 0 Å². The number of fused-ring (bicyclic) bond motifs is 1. The molecule has 0 saturated carbocycles. The van der Waals surface area contributed by atoms with Crippen molar-refractivity contribution in [3.63, 3.8) is 0 Å². The molecule has 0 spiro atoms. The summed E-state index contributed by atoms with van der Waals surface area (Å²) in [6.07, 6.45) is 2.31. The first-order chi connectivity index (χ1) is 9.15. The fourth-order valence-electron chi connectivity index (χ4n) is 3.46. The minimum Gasteiger partial charge on any atom is -0.338 e. The molecule has 19 heavy (non-hydrogen) atoms. The molecule has 2 atom stereocenters. The Morgan fingerprint density at radius 1 is 1.32 bits per heavy atom. The van der Waals surface area contributed by atoms with E-state index in [9.17, 15) is 4.79 Å². The van der Waals surface area contributed by atoms with Crippen molar-refractivity contribution in [2.75, 3.05) is 19.6 Å². The van der Waals surface area contributed by atoms with E-state index in [1.165, 1.54) is 12.0 Å². The van der Waals surface area contributed by atoms with Gasteiger partial charge in [0.2, 0.25) is 0 Å². The summed E-state index contributed by atoms with van der Waals surface area (Å²) < 4.78 is 0. The monoisotopic (exact) mass is 258 g/mol. The Labute approximate surface area is 115 Å². The van der Waals surface area contributed by atoms with Crippen molar-refractivity contribution in [1.29, 1.82) is 0 Å². The lowest BCUT2D eigenvalue weighted by Crippen LogP contribution is -2.47. The number of hydrogen-bond acceptors (Lipinski definition) is 2. The molecule has 0 bridgehead atoms. The molecular weight excluding hydrogens is 236 g/mol. The van der Waals surface area contributed by atoms with E-state index in [0.29, 0.717) is 12.0 Å². The van der Waals surface area contributed by atoms with Crippen LogP contribution in [0.5, 0.6) is 0 Å². The van der Waals surface area contributed by atoms with Gasteiger partial charge in [-0.25, -0.2) is 0 Å². The normalized spacial score (nSPS) is 26.3. The molecule has 0 aromatic heterocycles. The molecule has 0 radical (unpaired) electrons. The van der Waals surface area contributed by atoms with Crippen LogP contribution in [0, 0.1) is 19.8 Å². The van der Waals surface area contributed by atoms with Crippen LogP contribution in [0.1, 0.15) is 34.3 Å².